The summed E-state index contributed by atoms with van der Waals surface area (Å²) in [5.74, 6) is 0. The Morgan fingerprint density at radius 2 is 1.18 bits per heavy atom. The molecular formula is C29H37BrO2Si. The molecule has 0 fully saturated rings. The molecule has 0 amide bonds. The fourth-order valence-electron chi connectivity index (χ4n) is 4.42. The Bertz CT molecular complexity index is 897. The second-order valence-corrected chi connectivity index (χ2v) is 14.8. The first-order chi connectivity index (χ1) is 15.9. The fourth-order valence-corrected chi connectivity index (χ4v) is 9.29. The van der Waals surface area contributed by atoms with Crippen LogP contribution >= 0.6 is 15.9 Å². The number of rotatable bonds is 12. The largest absolute Gasteiger partial charge is 0.407 e. The smallest absolute Gasteiger partial charge is 0.261 e. The molecule has 0 bridgehead atoms. The average molecular weight is 526 g/mol. The molecule has 0 saturated heterocycles. The predicted molar refractivity (Wildman–Crippen MR) is 146 cm³/mol. The van der Waals surface area contributed by atoms with Crippen molar-refractivity contribution in [1.29, 1.82) is 0 Å². The molecule has 2 nitrogen and oxygen atoms in total. The molecule has 4 heteroatoms. The number of hydrogen-bond acceptors (Lipinski definition) is 2. The first-order valence-corrected chi connectivity index (χ1v) is 14.7. The van der Waals surface area contributed by atoms with E-state index in [1.165, 1.54) is 15.9 Å². The van der Waals surface area contributed by atoms with E-state index in [4.69, 9.17) is 9.16 Å². The summed E-state index contributed by atoms with van der Waals surface area (Å²) in [5.41, 5.74) is 1.36. The van der Waals surface area contributed by atoms with E-state index < -0.39 is 8.32 Å². The van der Waals surface area contributed by atoms with E-state index in [0.717, 1.165) is 50.0 Å². The number of hydrogen-bond donors (Lipinski definition) is 0. The Morgan fingerprint density at radius 1 is 0.667 bits per heavy atom. The Morgan fingerprint density at radius 3 is 1.73 bits per heavy atom. The third-order valence-electron chi connectivity index (χ3n) is 6.09. The molecule has 3 aromatic rings. The normalized spacial score (nSPS) is 12.1. The molecule has 0 aliphatic rings. The predicted octanol–water partition coefficient (Wildman–Crippen LogP) is 6.76. The Kier molecular flexibility index (Phi) is 9.93. The summed E-state index contributed by atoms with van der Waals surface area (Å²) in [7, 11) is -2.42. The maximum atomic E-state index is 6.94. The van der Waals surface area contributed by atoms with Gasteiger partial charge in [-0.1, -0.05) is 109 Å². The first kappa shape index (κ1) is 25.9. The molecular weight excluding hydrogens is 488 g/mol. The highest BCUT2D eigenvalue weighted by Gasteiger charge is 2.49. The summed E-state index contributed by atoms with van der Waals surface area (Å²) in [4.78, 5) is 0. The van der Waals surface area contributed by atoms with Gasteiger partial charge < -0.3 is 9.16 Å². The van der Waals surface area contributed by atoms with Crippen molar-refractivity contribution in [2.45, 2.75) is 51.5 Å². The molecule has 3 aromatic carbocycles. The van der Waals surface area contributed by atoms with Gasteiger partial charge in [0.2, 0.25) is 0 Å². The summed E-state index contributed by atoms with van der Waals surface area (Å²) in [5, 5.41) is 2.71. The highest BCUT2D eigenvalue weighted by molar-refractivity contribution is 9.10. The van der Waals surface area contributed by atoms with E-state index in [1.807, 2.05) is 0 Å². The van der Waals surface area contributed by atoms with E-state index in [1.54, 1.807) is 0 Å². The summed E-state index contributed by atoms with van der Waals surface area (Å²) >= 11 is 3.49. The van der Waals surface area contributed by atoms with Gasteiger partial charge in [-0.15, -0.1) is 0 Å². The highest BCUT2D eigenvalue weighted by atomic mass is 79.9. The maximum absolute atomic E-state index is 6.94. The van der Waals surface area contributed by atoms with Crippen molar-refractivity contribution in [3.63, 3.8) is 0 Å². The number of benzene rings is 3. The lowest BCUT2D eigenvalue weighted by molar-refractivity contribution is 0.124. The lowest BCUT2D eigenvalue weighted by Gasteiger charge is -2.43. The van der Waals surface area contributed by atoms with Crippen molar-refractivity contribution in [1.82, 2.24) is 0 Å². The summed E-state index contributed by atoms with van der Waals surface area (Å²) in [6, 6.07) is 30.3. The summed E-state index contributed by atoms with van der Waals surface area (Å²) in [6.45, 7) is 9.35. The second-order valence-electron chi connectivity index (χ2n) is 9.56. The van der Waals surface area contributed by atoms with Gasteiger partial charge in [-0.2, -0.15) is 0 Å². The molecule has 0 spiro atoms. The molecule has 0 radical (unpaired) electrons. The van der Waals surface area contributed by atoms with Crippen LogP contribution in [0.4, 0.5) is 0 Å². The van der Waals surface area contributed by atoms with Gasteiger partial charge in [0.15, 0.2) is 0 Å². The molecule has 0 atom stereocenters. The van der Waals surface area contributed by atoms with Crippen LogP contribution in [0.3, 0.4) is 0 Å². The van der Waals surface area contributed by atoms with Gasteiger partial charge in [0.05, 0.1) is 0 Å². The minimum Gasteiger partial charge on any atom is -0.407 e. The minimum absolute atomic E-state index is 0.0270. The molecule has 0 heterocycles. The van der Waals surface area contributed by atoms with E-state index in [9.17, 15) is 0 Å². The van der Waals surface area contributed by atoms with Gasteiger partial charge >= 0.3 is 0 Å². The number of halogens is 1. The van der Waals surface area contributed by atoms with Crippen molar-refractivity contribution in [3.05, 3.63) is 95.0 Å². The average Bonchev–Trinajstić information content (AvgIpc) is 2.82. The van der Waals surface area contributed by atoms with Crippen LogP contribution in [0.5, 0.6) is 0 Å². The Balaban J connectivity index is 1.50. The van der Waals surface area contributed by atoms with Gasteiger partial charge in [0.1, 0.15) is 0 Å². The molecule has 33 heavy (non-hydrogen) atoms. The Hall–Kier alpha value is -1.72. The van der Waals surface area contributed by atoms with Crippen molar-refractivity contribution in [2.75, 3.05) is 19.8 Å². The van der Waals surface area contributed by atoms with E-state index in [2.05, 4.69) is 122 Å². The van der Waals surface area contributed by atoms with Crippen LogP contribution < -0.4 is 10.4 Å². The lowest BCUT2D eigenvalue weighted by atomic mass is 10.1. The zero-order valence-corrected chi connectivity index (χ0v) is 22.8. The second kappa shape index (κ2) is 12.7. The van der Waals surface area contributed by atoms with Crippen molar-refractivity contribution < 1.29 is 9.16 Å². The quantitative estimate of drug-likeness (QED) is 0.192. The van der Waals surface area contributed by atoms with Crippen LogP contribution in [-0.2, 0) is 15.6 Å². The topological polar surface area (TPSA) is 18.5 Å². The number of aryl methyl sites for hydroxylation is 1. The zero-order chi connectivity index (χ0) is 23.6. The lowest BCUT2D eigenvalue weighted by Crippen LogP contribution is -2.66. The third kappa shape index (κ3) is 7.13. The third-order valence-corrected chi connectivity index (χ3v) is 11.7. The van der Waals surface area contributed by atoms with Crippen LogP contribution in [0.25, 0.3) is 0 Å². The van der Waals surface area contributed by atoms with Crippen LogP contribution in [-0.4, -0.2) is 28.1 Å². The standard InChI is InChI=1S/C29H37BrO2Si/c1-29(2,3)33(27-14-6-4-7-15-27,28-16-8-5-9-17-28)32-24-11-10-22-31-23-12-13-25-18-20-26(30)21-19-25/h4-9,14-21H,10-13,22-24H2,1-3H3. The van der Waals surface area contributed by atoms with E-state index in [-0.39, 0.29) is 5.04 Å². The summed E-state index contributed by atoms with van der Waals surface area (Å²) in [6.07, 6.45) is 4.15. The van der Waals surface area contributed by atoms with Crippen molar-refractivity contribution >= 4 is 34.6 Å². The molecule has 0 aliphatic heterocycles. The molecule has 3 rings (SSSR count). The molecule has 0 unspecified atom stereocenters. The molecule has 176 valence electrons. The molecule has 0 aromatic heterocycles. The van der Waals surface area contributed by atoms with Gasteiger partial charge in [-0.25, -0.2) is 0 Å². The monoisotopic (exact) mass is 524 g/mol. The van der Waals surface area contributed by atoms with Crippen molar-refractivity contribution in [3.8, 4) is 0 Å². The number of ether oxygens (including phenoxy) is 1. The van der Waals surface area contributed by atoms with Crippen LogP contribution in [0, 0.1) is 0 Å². The van der Waals surface area contributed by atoms with Gasteiger partial charge in [0.25, 0.3) is 8.32 Å². The summed E-state index contributed by atoms with van der Waals surface area (Å²) < 4.78 is 14.0. The van der Waals surface area contributed by atoms with E-state index >= 15 is 0 Å². The van der Waals surface area contributed by atoms with Crippen molar-refractivity contribution in [2.24, 2.45) is 0 Å². The van der Waals surface area contributed by atoms with Crippen LogP contribution in [0.15, 0.2) is 89.4 Å². The zero-order valence-electron chi connectivity index (χ0n) is 20.2. The van der Waals surface area contributed by atoms with Gasteiger partial charge in [0, 0.05) is 24.3 Å². The molecule has 0 N–H and O–H groups in total. The van der Waals surface area contributed by atoms with E-state index in [0.29, 0.717) is 0 Å². The Labute approximate surface area is 209 Å². The fraction of sp³-hybridized carbons (Fsp3) is 0.379. The van der Waals surface area contributed by atoms with Gasteiger partial charge in [-0.05, 0) is 58.8 Å². The first-order valence-electron chi connectivity index (χ1n) is 12.0. The van der Waals surface area contributed by atoms with Crippen LogP contribution in [0.2, 0.25) is 5.04 Å². The van der Waals surface area contributed by atoms with Gasteiger partial charge in [-0.3, -0.25) is 0 Å². The number of unbranched alkanes of at least 4 members (excludes halogenated alkanes) is 1. The molecule has 0 aliphatic carbocycles. The van der Waals surface area contributed by atoms with Crippen LogP contribution in [0.1, 0.15) is 45.6 Å². The SMILES string of the molecule is CC(C)(C)[Si](OCCCCOCCCc1ccc(Br)cc1)(c1ccccc1)c1ccccc1. The maximum Gasteiger partial charge on any atom is 0.261 e. The minimum atomic E-state index is -2.42. The highest BCUT2D eigenvalue weighted by Crippen LogP contribution is 2.36. The molecule has 0 saturated carbocycles.